The molecule has 2 heterocycles. The number of likely N-dealkylation sites (tertiary alicyclic amines) is 1. The quantitative estimate of drug-likeness (QED) is 0.147. The number of para-hydroxylation sites is 1. The lowest BCUT2D eigenvalue weighted by Gasteiger charge is -2.39. The molecule has 50 heavy (non-hydrogen) atoms. The molecular formula is C40H51ClN2O7. The minimum absolute atomic E-state index is 0.0782. The van der Waals surface area contributed by atoms with E-state index in [4.69, 9.17) is 35.3 Å². The molecular weight excluding hydrogens is 656 g/mol. The van der Waals surface area contributed by atoms with Crippen LogP contribution in [0.2, 0.25) is 5.02 Å². The third kappa shape index (κ3) is 10.6. The smallest absolute Gasteiger partial charge is 0.410 e. The van der Waals surface area contributed by atoms with Crippen LogP contribution in [0.15, 0.2) is 66.7 Å². The Hall–Kier alpha value is -3.79. The first kappa shape index (κ1) is 37.5. The minimum Gasteiger partial charge on any atom is -0.494 e. The molecule has 2 aliphatic heterocycles. The molecule has 0 aromatic heterocycles. The van der Waals surface area contributed by atoms with Crippen LogP contribution in [0.3, 0.4) is 0 Å². The van der Waals surface area contributed by atoms with E-state index < -0.39 is 5.60 Å². The fourth-order valence-electron chi connectivity index (χ4n) is 6.40. The van der Waals surface area contributed by atoms with Gasteiger partial charge in [-0.05, 0) is 99.9 Å². The molecule has 3 aromatic carbocycles. The molecule has 1 saturated heterocycles. The van der Waals surface area contributed by atoms with E-state index in [1.54, 1.807) is 12.0 Å². The highest BCUT2D eigenvalue weighted by atomic mass is 35.5. The lowest BCUT2D eigenvalue weighted by molar-refractivity contribution is -0.118. The summed E-state index contributed by atoms with van der Waals surface area (Å²) in [7, 11) is 1.68. The molecule has 0 saturated carbocycles. The number of amides is 2. The Bertz CT molecular complexity index is 1560. The number of aryl methyl sites for hydroxylation is 1. The van der Waals surface area contributed by atoms with Gasteiger partial charge in [-0.25, -0.2) is 4.79 Å². The van der Waals surface area contributed by atoms with E-state index in [2.05, 4.69) is 30.3 Å². The first-order valence-electron chi connectivity index (χ1n) is 17.7. The predicted molar refractivity (Wildman–Crippen MR) is 195 cm³/mol. The zero-order chi connectivity index (χ0) is 35.5. The van der Waals surface area contributed by atoms with Crippen LogP contribution in [0.4, 0.5) is 10.5 Å². The molecule has 0 bridgehead atoms. The van der Waals surface area contributed by atoms with Gasteiger partial charge in [0.15, 0.2) is 0 Å². The number of hydrogen-bond donors (Lipinski definition) is 0. The number of rotatable bonds is 15. The standard InChI is InChI=1S/C40H51ClN2O7/c1-40(2,3)50-39(45)42-22-20-33(30-14-17-32(18-15-30)47-24-7-8-25-48-36-11-6-5-10-34(36)41)37(27-42)49-28-29-12-13-31-16-19-38(44)43(35(31)26-29)21-9-23-46-4/h5-6,10-15,17-18,26,33,37H,7-9,16,19-25,27-28H2,1-4H3. The number of benzene rings is 3. The third-order valence-electron chi connectivity index (χ3n) is 8.96. The Balaban J connectivity index is 1.21. The molecule has 1 fully saturated rings. The summed E-state index contributed by atoms with van der Waals surface area (Å²) in [5, 5.41) is 0.615. The Kier molecular flexibility index (Phi) is 13.4. The lowest BCUT2D eigenvalue weighted by atomic mass is 9.87. The Morgan fingerprint density at radius 2 is 1.68 bits per heavy atom. The van der Waals surface area contributed by atoms with E-state index >= 15 is 0 Å². The molecule has 2 aliphatic rings. The predicted octanol–water partition coefficient (Wildman–Crippen LogP) is 8.20. The van der Waals surface area contributed by atoms with E-state index in [0.717, 1.165) is 54.7 Å². The average Bonchev–Trinajstić information content (AvgIpc) is 3.10. The van der Waals surface area contributed by atoms with Crippen LogP contribution in [0.25, 0.3) is 0 Å². The largest absolute Gasteiger partial charge is 0.494 e. The first-order chi connectivity index (χ1) is 24.1. The third-order valence-corrected chi connectivity index (χ3v) is 9.28. The van der Waals surface area contributed by atoms with E-state index in [-0.39, 0.29) is 24.0 Å². The second-order valence-corrected chi connectivity index (χ2v) is 14.3. The summed E-state index contributed by atoms with van der Waals surface area (Å²) in [6.07, 6.45) is 3.89. The van der Waals surface area contributed by atoms with Crippen LogP contribution >= 0.6 is 11.6 Å². The van der Waals surface area contributed by atoms with Crippen molar-refractivity contribution in [1.82, 2.24) is 4.90 Å². The van der Waals surface area contributed by atoms with E-state index in [1.165, 1.54) is 5.56 Å². The summed E-state index contributed by atoms with van der Waals surface area (Å²) >= 11 is 6.17. The van der Waals surface area contributed by atoms with Gasteiger partial charge < -0.3 is 33.5 Å². The number of carbonyl (C=O) groups is 2. The van der Waals surface area contributed by atoms with Gasteiger partial charge in [0.2, 0.25) is 5.91 Å². The Labute approximate surface area is 301 Å². The molecule has 0 radical (unpaired) electrons. The first-order valence-corrected chi connectivity index (χ1v) is 18.1. The number of unbranched alkanes of at least 4 members (excludes halogenated alkanes) is 1. The highest BCUT2D eigenvalue weighted by Crippen LogP contribution is 2.34. The lowest BCUT2D eigenvalue weighted by Crippen LogP contribution is -2.48. The highest BCUT2D eigenvalue weighted by Gasteiger charge is 2.35. The number of carbonyl (C=O) groups excluding carboxylic acids is 2. The van der Waals surface area contributed by atoms with Crippen LogP contribution in [0.1, 0.15) is 75.5 Å². The van der Waals surface area contributed by atoms with Gasteiger partial charge in [0, 0.05) is 44.8 Å². The van der Waals surface area contributed by atoms with Crippen LogP contribution in [-0.2, 0) is 32.0 Å². The molecule has 0 aliphatic carbocycles. The monoisotopic (exact) mass is 706 g/mol. The van der Waals surface area contributed by atoms with Gasteiger partial charge in [0.05, 0.1) is 37.5 Å². The van der Waals surface area contributed by atoms with Gasteiger partial charge in [0.25, 0.3) is 0 Å². The number of ether oxygens (including phenoxy) is 5. The van der Waals surface area contributed by atoms with E-state index in [1.807, 2.05) is 62.1 Å². The maximum absolute atomic E-state index is 13.1. The molecule has 3 aromatic rings. The number of piperidine rings is 1. The zero-order valence-electron chi connectivity index (χ0n) is 29.8. The van der Waals surface area contributed by atoms with Gasteiger partial charge in [-0.1, -0.05) is 48.0 Å². The van der Waals surface area contributed by atoms with Crippen LogP contribution in [0.5, 0.6) is 11.5 Å². The van der Waals surface area contributed by atoms with Crippen molar-refractivity contribution in [1.29, 1.82) is 0 Å². The second kappa shape index (κ2) is 17.9. The summed E-state index contributed by atoms with van der Waals surface area (Å²) in [5.74, 6) is 1.73. The normalized spacial score (nSPS) is 17.7. The number of anilines is 1. The molecule has 0 spiro atoms. The maximum Gasteiger partial charge on any atom is 0.410 e. The van der Waals surface area contributed by atoms with Crippen LogP contribution in [-0.4, -0.2) is 75.2 Å². The Morgan fingerprint density at radius 1 is 0.920 bits per heavy atom. The molecule has 5 rings (SSSR count). The summed E-state index contributed by atoms with van der Waals surface area (Å²) in [6, 6.07) is 22.0. The van der Waals surface area contributed by atoms with Crippen molar-refractivity contribution in [2.45, 2.75) is 83.5 Å². The Morgan fingerprint density at radius 3 is 2.42 bits per heavy atom. The van der Waals surface area contributed by atoms with Crippen molar-refractivity contribution in [3.63, 3.8) is 0 Å². The van der Waals surface area contributed by atoms with Gasteiger partial charge in [-0.3, -0.25) is 4.79 Å². The summed E-state index contributed by atoms with van der Waals surface area (Å²) < 4.78 is 29.4. The minimum atomic E-state index is -0.585. The van der Waals surface area contributed by atoms with Crippen molar-refractivity contribution < 1.29 is 33.3 Å². The average molecular weight is 707 g/mol. The van der Waals surface area contributed by atoms with E-state index in [9.17, 15) is 9.59 Å². The van der Waals surface area contributed by atoms with Gasteiger partial charge in [-0.2, -0.15) is 0 Å². The molecule has 9 nitrogen and oxygen atoms in total. The van der Waals surface area contributed by atoms with Crippen molar-refractivity contribution in [2.75, 3.05) is 51.5 Å². The molecule has 2 amide bonds. The van der Waals surface area contributed by atoms with Crippen LogP contribution in [0, 0.1) is 0 Å². The van der Waals surface area contributed by atoms with E-state index in [0.29, 0.717) is 63.3 Å². The number of fused-ring (bicyclic) bond motifs is 1. The molecule has 0 N–H and O–H groups in total. The van der Waals surface area contributed by atoms with Crippen LogP contribution < -0.4 is 14.4 Å². The summed E-state index contributed by atoms with van der Waals surface area (Å²) in [5.41, 5.74) is 3.67. The number of nitrogens with zero attached hydrogens (tertiary/aromatic N) is 2. The highest BCUT2D eigenvalue weighted by molar-refractivity contribution is 6.32. The van der Waals surface area contributed by atoms with Gasteiger partial charge in [-0.15, -0.1) is 0 Å². The van der Waals surface area contributed by atoms with Gasteiger partial charge >= 0.3 is 6.09 Å². The van der Waals surface area contributed by atoms with Gasteiger partial charge in [0.1, 0.15) is 17.1 Å². The maximum atomic E-state index is 13.1. The summed E-state index contributed by atoms with van der Waals surface area (Å²) in [4.78, 5) is 29.6. The van der Waals surface area contributed by atoms with Crippen molar-refractivity contribution in [3.8, 4) is 11.5 Å². The number of halogens is 1. The fraction of sp³-hybridized carbons (Fsp3) is 0.500. The molecule has 10 heteroatoms. The molecule has 270 valence electrons. The number of methoxy groups -OCH3 is 1. The van der Waals surface area contributed by atoms with Crippen molar-refractivity contribution in [3.05, 3.63) is 88.4 Å². The number of hydrogen-bond acceptors (Lipinski definition) is 7. The summed E-state index contributed by atoms with van der Waals surface area (Å²) in [6.45, 7) is 9.37. The SMILES string of the molecule is COCCCN1C(=O)CCc2ccc(COC3CN(C(=O)OC(C)(C)C)CCC3c3ccc(OCCCCOc4ccccc4Cl)cc3)cc21. The zero-order valence-corrected chi connectivity index (χ0v) is 30.6. The van der Waals surface area contributed by atoms with Crippen molar-refractivity contribution in [2.24, 2.45) is 0 Å². The fourth-order valence-corrected chi connectivity index (χ4v) is 6.59. The topological polar surface area (TPSA) is 86.8 Å². The molecule has 2 atom stereocenters. The van der Waals surface area contributed by atoms with Crippen molar-refractivity contribution >= 4 is 29.3 Å². The molecule has 2 unspecified atom stereocenters. The second-order valence-electron chi connectivity index (χ2n) is 13.9.